The van der Waals surface area contributed by atoms with Gasteiger partial charge in [-0.2, -0.15) is 0 Å². The lowest BCUT2D eigenvalue weighted by Crippen LogP contribution is -2.32. The van der Waals surface area contributed by atoms with E-state index in [0.717, 1.165) is 9.78 Å². The molecule has 1 fully saturated rings. The van der Waals surface area contributed by atoms with Crippen molar-refractivity contribution in [1.82, 2.24) is 4.90 Å². The number of carbonyl (C=O) groups excluding carboxylic acids is 1. The van der Waals surface area contributed by atoms with Crippen LogP contribution in [0.15, 0.2) is 17.5 Å². The van der Waals surface area contributed by atoms with Crippen molar-refractivity contribution in [2.45, 2.75) is 18.9 Å². The molecule has 5 heteroatoms. The van der Waals surface area contributed by atoms with E-state index < -0.39 is 6.09 Å². The Kier molecular flexibility index (Phi) is 2.25. The zero-order chi connectivity index (χ0) is 10.1. The van der Waals surface area contributed by atoms with Gasteiger partial charge in [0.15, 0.2) is 0 Å². The van der Waals surface area contributed by atoms with Gasteiger partial charge in [0.2, 0.25) is 5.91 Å². The molecular formula is C9H9NO3S. The fourth-order valence-electron chi connectivity index (χ4n) is 1.67. The molecule has 0 aliphatic carbocycles. The predicted octanol–water partition coefficient (Wildman–Crippen LogP) is 2.09. The Bertz CT molecular complexity index is 360. The van der Waals surface area contributed by atoms with E-state index in [1.165, 1.54) is 11.3 Å². The summed E-state index contributed by atoms with van der Waals surface area (Å²) in [6.45, 7) is 0. The molecule has 0 saturated carbocycles. The summed E-state index contributed by atoms with van der Waals surface area (Å²) in [5.41, 5.74) is 0. The smallest absolute Gasteiger partial charge is 0.414 e. The number of carbonyl (C=O) groups is 2. The van der Waals surface area contributed by atoms with Crippen LogP contribution >= 0.6 is 11.3 Å². The number of hydrogen-bond acceptors (Lipinski definition) is 3. The van der Waals surface area contributed by atoms with Crippen molar-refractivity contribution in [3.05, 3.63) is 22.4 Å². The van der Waals surface area contributed by atoms with Crippen molar-refractivity contribution in [3.63, 3.8) is 0 Å². The van der Waals surface area contributed by atoms with Gasteiger partial charge in [0.25, 0.3) is 0 Å². The molecule has 1 saturated heterocycles. The minimum absolute atomic E-state index is 0.264. The number of carboxylic acid groups (broad SMARTS) is 1. The molecule has 1 N–H and O–H groups in total. The van der Waals surface area contributed by atoms with E-state index in [2.05, 4.69) is 0 Å². The first-order valence-electron chi connectivity index (χ1n) is 4.28. The zero-order valence-electron chi connectivity index (χ0n) is 7.34. The van der Waals surface area contributed by atoms with Crippen LogP contribution in [0.4, 0.5) is 4.79 Å². The Labute approximate surface area is 84.8 Å². The normalized spacial score (nSPS) is 21.6. The van der Waals surface area contributed by atoms with Crippen LogP contribution in [0, 0.1) is 0 Å². The second kappa shape index (κ2) is 3.42. The van der Waals surface area contributed by atoms with Crippen molar-refractivity contribution >= 4 is 23.3 Å². The number of rotatable bonds is 1. The lowest BCUT2D eigenvalue weighted by molar-refractivity contribution is -0.126. The van der Waals surface area contributed by atoms with Gasteiger partial charge >= 0.3 is 6.09 Å². The molecule has 0 spiro atoms. The maximum absolute atomic E-state index is 11.3. The molecule has 2 heterocycles. The van der Waals surface area contributed by atoms with Crippen molar-refractivity contribution in [1.29, 1.82) is 0 Å². The van der Waals surface area contributed by atoms with E-state index in [4.69, 9.17) is 5.11 Å². The van der Waals surface area contributed by atoms with E-state index in [9.17, 15) is 9.59 Å². The first kappa shape index (κ1) is 9.21. The third kappa shape index (κ3) is 1.39. The quantitative estimate of drug-likeness (QED) is 0.773. The number of hydrogen-bond donors (Lipinski definition) is 1. The lowest BCUT2D eigenvalue weighted by Gasteiger charge is -2.17. The van der Waals surface area contributed by atoms with E-state index in [0.29, 0.717) is 12.8 Å². The third-order valence-electron chi connectivity index (χ3n) is 2.29. The largest absolute Gasteiger partial charge is 0.465 e. The van der Waals surface area contributed by atoms with E-state index in [1.807, 2.05) is 17.5 Å². The summed E-state index contributed by atoms with van der Waals surface area (Å²) in [5.74, 6) is -0.295. The van der Waals surface area contributed by atoms with Crippen LogP contribution in [-0.2, 0) is 4.79 Å². The Morgan fingerprint density at radius 1 is 1.64 bits per heavy atom. The molecule has 1 aromatic heterocycles. The molecule has 14 heavy (non-hydrogen) atoms. The molecule has 0 radical (unpaired) electrons. The molecule has 2 amide bonds. The molecule has 1 aliphatic rings. The van der Waals surface area contributed by atoms with Crippen LogP contribution in [0.1, 0.15) is 23.8 Å². The molecule has 1 aromatic rings. The second-order valence-electron chi connectivity index (χ2n) is 3.12. The minimum Gasteiger partial charge on any atom is -0.465 e. The van der Waals surface area contributed by atoms with Gasteiger partial charge in [0.1, 0.15) is 0 Å². The molecular weight excluding hydrogens is 202 g/mol. The van der Waals surface area contributed by atoms with Crippen LogP contribution in [0.25, 0.3) is 0 Å². The van der Waals surface area contributed by atoms with Gasteiger partial charge in [0, 0.05) is 11.3 Å². The fourth-order valence-corrected chi connectivity index (χ4v) is 2.53. The molecule has 1 atom stereocenters. The number of imide groups is 1. The number of likely N-dealkylation sites (tertiary alicyclic amines) is 1. The lowest BCUT2D eigenvalue weighted by atomic mass is 10.2. The van der Waals surface area contributed by atoms with Crippen molar-refractivity contribution in [2.24, 2.45) is 0 Å². The topological polar surface area (TPSA) is 57.6 Å². The van der Waals surface area contributed by atoms with Gasteiger partial charge in [-0.25, -0.2) is 9.69 Å². The predicted molar refractivity (Wildman–Crippen MR) is 51.2 cm³/mol. The van der Waals surface area contributed by atoms with Gasteiger partial charge in [-0.1, -0.05) is 6.07 Å². The Balaban J connectivity index is 2.28. The SMILES string of the molecule is O=C(O)N1C(=O)CCC1c1cccs1. The zero-order valence-corrected chi connectivity index (χ0v) is 8.16. The summed E-state index contributed by atoms with van der Waals surface area (Å²) in [6, 6.07) is 3.46. The second-order valence-corrected chi connectivity index (χ2v) is 4.10. The third-order valence-corrected chi connectivity index (χ3v) is 3.26. The molecule has 74 valence electrons. The monoisotopic (exact) mass is 211 g/mol. The maximum Gasteiger partial charge on any atom is 0.414 e. The summed E-state index contributed by atoms with van der Waals surface area (Å²) in [5, 5.41) is 10.7. The minimum atomic E-state index is -1.15. The Hall–Kier alpha value is -1.36. The molecule has 4 nitrogen and oxygen atoms in total. The van der Waals surface area contributed by atoms with Crippen LogP contribution in [-0.4, -0.2) is 22.0 Å². The highest BCUT2D eigenvalue weighted by molar-refractivity contribution is 7.10. The highest BCUT2D eigenvalue weighted by atomic mass is 32.1. The van der Waals surface area contributed by atoms with Crippen molar-refractivity contribution in [3.8, 4) is 0 Å². The van der Waals surface area contributed by atoms with Gasteiger partial charge < -0.3 is 5.11 Å². The number of nitrogens with zero attached hydrogens (tertiary/aromatic N) is 1. The molecule has 0 aromatic carbocycles. The number of thiophene rings is 1. The fraction of sp³-hybridized carbons (Fsp3) is 0.333. The highest BCUT2D eigenvalue weighted by Crippen LogP contribution is 2.34. The first-order chi connectivity index (χ1) is 6.70. The molecule has 2 rings (SSSR count). The maximum atomic E-state index is 11.3. The van der Waals surface area contributed by atoms with Crippen molar-refractivity contribution in [2.75, 3.05) is 0 Å². The summed E-state index contributed by atoms with van der Waals surface area (Å²) < 4.78 is 0. The molecule has 1 aliphatic heterocycles. The van der Waals surface area contributed by atoms with Crippen molar-refractivity contribution < 1.29 is 14.7 Å². The van der Waals surface area contributed by atoms with E-state index >= 15 is 0 Å². The van der Waals surface area contributed by atoms with Crippen LogP contribution in [0.2, 0.25) is 0 Å². The Morgan fingerprint density at radius 3 is 3.00 bits per heavy atom. The average Bonchev–Trinajstić information content (AvgIpc) is 2.70. The summed E-state index contributed by atoms with van der Waals surface area (Å²) >= 11 is 1.49. The van der Waals surface area contributed by atoms with Gasteiger partial charge in [-0.15, -0.1) is 11.3 Å². The van der Waals surface area contributed by atoms with E-state index in [1.54, 1.807) is 0 Å². The standard InChI is InChI=1S/C9H9NO3S/c11-8-4-3-6(10(8)9(12)13)7-2-1-5-14-7/h1-2,5-6H,3-4H2,(H,12,13). The average molecular weight is 211 g/mol. The Morgan fingerprint density at radius 2 is 2.43 bits per heavy atom. The highest BCUT2D eigenvalue weighted by Gasteiger charge is 2.37. The molecule has 0 bridgehead atoms. The van der Waals surface area contributed by atoms with Gasteiger partial charge in [0.05, 0.1) is 6.04 Å². The first-order valence-corrected chi connectivity index (χ1v) is 5.16. The summed E-state index contributed by atoms with van der Waals surface area (Å²) in [6.07, 6.45) is -0.216. The number of amides is 2. The van der Waals surface area contributed by atoms with Gasteiger partial charge in [-0.05, 0) is 17.9 Å². The van der Waals surface area contributed by atoms with Crippen LogP contribution in [0.5, 0.6) is 0 Å². The summed E-state index contributed by atoms with van der Waals surface area (Å²) in [7, 11) is 0. The summed E-state index contributed by atoms with van der Waals surface area (Å²) in [4.78, 5) is 24.0. The van der Waals surface area contributed by atoms with Crippen LogP contribution in [0.3, 0.4) is 0 Å². The molecule has 1 unspecified atom stereocenters. The van der Waals surface area contributed by atoms with Gasteiger partial charge in [-0.3, -0.25) is 4.79 Å². The van der Waals surface area contributed by atoms with Crippen LogP contribution < -0.4 is 0 Å². The van der Waals surface area contributed by atoms with E-state index in [-0.39, 0.29) is 11.9 Å².